The van der Waals surface area contributed by atoms with Crippen LogP contribution >= 0.6 is 11.8 Å². The van der Waals surface area contributed by atoms with Gasteiger partial charge in [-0.1, -0.05) is 25.6 Å². The molecular formula is C14H17N3O2S. The number of nitrogens with zero attached hydrogens (tertiary/aromatic N) is 2. The molecule has 3 N–H and O–H groups in total. The third-order valence-corrected chi connectivity index (χ3v) is 3.63. The number of nitrogens with two attached hydrogens (primary N) is 1. The highest BCUT2D eigenvalue weighted by molar-refractivity contribution is 8.00. The number of aliphatic carboxylic acids is 1. The minimum Gasteiger partial charge on any atom is -0.481 e. The van der Waals surface area contributed by atoms with E-state index >= 15 is 0 Å². The molecule has 106 valence electrons. The summed E-state index contributed by atoms with van der Waals surface area (Å²) in [5, 5.41) is 10.3. The quantitative estimate of drug-likeness (QED) is 0.500. The number of rotatable bonds is 5. The summed E-state index contributed by atoms with van der Waals surface area (Å²) in [4.78, 5) is 19.8. The van der Waals surface area contributed by atoms with Crippen LogP contribution in [0.25, 0.3) is 10.9 Å². The molecule has 5 nitrogen and oxygen atoms in total. The van der Waals surface area contributed by atoms with Crippen molar-refractivity contribution in [2.24, 2.45) is 5.92 Å². The van der Waals surface area contributed by atoms with Gasteiger partial charge < -0.3 is 10.8 Å². The molecule has 0 amide bonds. The number of carboxylic acid groups (broad SMARTS) is 1. The summed E-state index contributed by atoms with van der Waals surface area (Å²) < 4.78 is 0. The molecule has 0 aliphatic heterocycles. The lowest BCUT2D eigenvalue weighted by molar-refractivity contribution is -0.133. The number of nitrogen functional groups attached to an aromatic ring is 1. The molecule has 0 fully saturated rings. The van der Waals surface area contributed by atoms with Gasteiger partial charge in [-0.05, 0) is 24.1 Å². The maximum absolute atomic E-state index is 10.7. The van der Waals surface area contributed by atoms with Crippen molar-refractivity contribution in [2.75, 3.05) is 11.5 Å². The van der Waals surface area contributed by atoms with Gasteiger partial charge in [0, 0.05) is 17.5 Å². The smallest absolute Gasteiger partial charge is 0.313 e. The predicted octanol–water partition coefficient (Wildman–Crippen LogP) is 2.59. The lowest BCUT2D eigenvalue weighted by Crippen LogP contribution is -2.04. The molecule has 0 aliphatic carbocycles. The zero-order valence-corrected chi connectivity index (χ0v) is 12.3. The van der Waals surface area contributed by atoms with E-state index in [-0.39, 0.29) is 5.75 Å². The van der Waals surface area contributed by atoms with Crippen LogP contribution in [0.15, 0.2) is 23.2 Å². The van der Waals surface area contributed by atoms with Crippen molar-refractivity contribution in [1.29, 1.82) is 0 Å². The van der Waals surface area contributed by atoms with Crippen molar-refractivity contribution in [2.45, 2.75) is 25.3 Å². The number of hydrogen-bond donors (Lipinski definition) is 2. The van der Waals surface area contributed by atoms with E-state index in [0.717, 1.165) is 23.1 Å². The Balaban J connectivity index is 2.48. The standard InChI is InChI=1S/C14H17N3O2S/c1-8(2)5-12-16-11-4-3-9(15)6-10(11)14(17-12)20-7-13(18)19/h3-4,6,8H,5,7,15H2,1-2H3,(H,18,19). The molecule has 0 spiro atoms. The summed E-state index contributed by atoms with van der Waals surface area (Å²) in [7, 11) is 0. The van der Waals surface area contributed by atoms with Gasteiger partial charge in [0.15, 0.2) is 0 Å². The molecule has 1 heterocycles. The maximum Gasteiger partial charge on any atom is 0.313 e. The molecule has 1 aromatic heterocycles. The molecule has 0 radical (unpaired) electrons. The van der Waals surface area contributed by atoms with Crippen molar-refractivity contribution >= 4 is 34.3 Å². The summed E-state index contributed by atoms with van der Waals surface area (Å²) >= 11 is 1.20. The Morgan fingerprint density at radius 1 is 1.40 bits per heavy atom. The molecule has 0 bridgehead atoms. The van der Waals surface area contributed by atoms with Crippen LogP contribution in [0.5, 0.6) is 0 Å². The molecule has 0 aliphatic rings. The fourth-order valence-corrected chi connectivity index (χ4v) is 2.61. The third-order valence-electron chi connectivity index (χ3n) is 2.65. The van der Waals surface area contributed by atoms with E-state index in [1.807, 2.05) is 6.07 Å². The van der Waals surface area contributed by atoms with Crippen LogP contribution in [0.1, 0.15) is 19.7 Å². The molecule has 2 aromatic rings. The average molecular weight is 291 g/mol. The second kappa shape index (κ2) is 6.09. The molecule has 1 aromatic carbocycles. The van der Waals surface area contributed by atoms with Gasteiger partial charge in [-0.2, -0.15) is 0 Å². The van der Waals surface area contributed by atoms with E-state index in [0.29, 0.717) is 16.6 Å². The van der Waals surface area contributed by atoms with E-state index in [2.05, 4.69) is 23.8 Å². The molecule has 20 heavy (non-hydrogen) atoms. The average Bonchev–Trinajstić information content (AvgIpc) is 2.35. The Bertz CT molecular complexity index is 644. The summed E-state index contributed by atoms with van der Waals surface area (Å²) in [6.07, 6.45) is 0.765. The number of aromatic nitrogens is 2. The van der Waals surface area contributed by atoms with E-state index < -0.39 is 5.97 Å². The zero-order valence-electron chi connectivity index (χ0n) is 11.5. The predicted molar refractivity (Wildman–Crippen MR) is 80.9 cm³/mol. The van der Waals surface area contributed by atoms with Gasteiger partial charge in [0.2, 0.25) is 0 Å². The summed E-state index contributed by atoms with van der Waals surface area (Å²) in [6.45, 7) is 4.20. The molecule has 0 unspecified atom stereocenters. The number of benzene rings is 1. The largest absolute Gasteiger partial charge is 0.481 e. The van der Waals surface area contributed by atoms with Gasteiger partial charge in [-0.25, -0.2) is 9.97 Å². The molecular weight excluding hydrogens is 274 g/mol. The van der Waals surface area contributed by atoms with Crippen LogP contribution in [0.3, 0.4) is 0 Å². The molecule has 0 saturated carbocycles. The van der Waals surface area contributed by atoms with Crippen LogP contribution in [-0.4, -0.2) is 26.8 Å². The first-order chi connectivity index (χ1) is 9.45. The zero-order chi connectivity index (χ0) is 14.7. The third kappa shape index (κ3) is 3.60. The minimum absolute atomic E-state index is 0.0258. The number of carbonyl (C=O) groups is 1. The second-order valence-electron chi connectivity index (χ2n) is 5.00. The van der Waals surface area contributed by atoms with Gasteiger partial charge in [0.25, 0.3) is 0 Å². The number of thioether (sulfide) groups is 1. The highest BCUT2D eigenvalue weighted by Crippen LogP contribution is 2.27. The molecule has 6 heteroatoms. The summed E-state index contributed by atoms with van der Waals surface area (Å²) in [5.41, 5.74) is 7.21. The molecule has 0 saturated heterocycles. The monoisotopic (exact) mass is 291 g/mol. The van der Waals surface area contributed by atoms with Crippen molar-refractivity contribution < 1.29 is 9.90 Å². The van der Waals surface area contributed by atoms with E-state index in [4.69, 9.17) is 10.8 Å². The van der Waals surface area contributed by atoms with Gasteiger partial charge in [-0.15, -0.1) is 0 Å². The molecule has 0 atom stereocenters. The SMILES string of the molecule is CC(C)Cc1nc(SCC(=O)O)c2cc(N)ccc2n1. The molecule has 2 rings (SSSR count). The Morgan fingerprint density at radius 3 is 2.80 bits per heavy atom. The van der Waals surface area contributed by atoms with E-state index in [1.165, 1.54) is 11.8 Å². The summed E-state index contributed by atoms with van der Waals surface area (Å²) in [6, 6.07) is 5.43. The highest BCUT2D eigenvalue weighted by Gasteiger charge is 2.11. The Morgan fingerprint density at radius 2 is 2.15 bits per heavy atom. The van der Waals surface area contributed by atoms with Gasteiger partial charge in [0.1, 0.15) is 10.9 Å². The second-order valence-corrected chi connectivity index (χ2v) is 5.97. The van der Waals surface area contributed by atoms with Crippen LogP contribution in [0, 0.1) is 5.92 Å². The van der Waals surface area contributed by atoms with Crippen molar-refractivity contribution in [1.82, 2.24) is 9.97 Å². The first kappa shape index (κ1) is 14.6. The number of carboxylic acids is 1. The van der Waals surface area contributed by atoms with Crippen molar-refractivity contribution in [3.05, 3.63) is 24.0 Å². The van der Waals surface area contributed by atoms with Crippen LogP contribution < -0.4 is 5.73 Å². The Hall–Kier alpha value is -1.82. The van der Waals surface area contributed by atoms with E-state index in [1.54, 1.807) is 12.1 Å². The first-order valence-corrected chi connectivity index (χ1v) is 7.35. The van der Waals surface area contributed by atoms with Crippen LogP contribution in [0.4, 0.5) is 5.69 Å². The topological polar surface area (TPSA) is 89.1 Å². The van der Waals surface area contributed by atoms with Crippen molar-refractivity contribution in [3.8, 4) is 0 Å². The van der Waals surface area contributed by atoms with Gasteiger partial charge >= 0.3 is 5.97 Å². The van der Waals surface area contributed by atoms with Crippen molar-refractivity contribution in [3.63, 3.8) is 0 Å². The number of anilines is 1. The lowest BCUT2D eigenvalue weighted by Gasteiger charge is -2.09. The Kier molecular flexibility index (Phi) is 4.44. The highest BCUT2D eigenvalue weighted by atomic mass is 32.2. The lowest BCUT2D eigenvalue weighted by atomic mass is 10.1. The van der Waals surface area contributed by atoms with Crippen LogP contribution in [-0.2, 0) is 11.2 Å². The summed E-state index contributed by atoms with van der Waals surface area (Å²) in [5.74, 6) is 0.293. The minimum atomic E-state index is -0.865. The first-order valence-electron chi connectivity index (χ1n) is 6.36. The fourth-order valence-electron chi connectivity index (χ4n) is 1.86. The van der Waals surface area contributed by atoms with Gasteiger partial charge in [-0.3, -0.25) is 4.79 Å². The van der Waals surface area contributed by atoms with E-state index in [9.17, 15) is 4.79 Å². The number of hydrogen-bond acceptors (Lipinski definition) is 5. The fraction of sp³-hybridized carbons (Fsp3) is 0.357. The van der Waals surface area contributed by atoms with Crippen LogP contribution in [0.2, 0.25) is 0 Å². The Labute approximate surface area is 121 Å². The van der Waals surface area contributed by atoms with Gasteiger partial charge in [0.05, 0.1) is 11.3 Å². The normalized spacial score (nSPS) is 11.2. The number of fused-ring (bicyclic) bond motifs is 1. The maximum atomic E-state index is 10.7.